The number of piperidine rings is 1. The second-order valence-electron chi connectivity index (χ2n) is 8.96. The van der Waals surface area contributed by atoms with Gasteiger partial charge < -0.3 is 20.1 Å². The number of carbonyl (C=O) groups excluding carboxylic acids is 2. The Hall–Kier alpha value is -1.39. The van der Waals surface area contributed by atoms with E-state index in [-0.39, 0.29) is 47.6 Å². The molecule has 3 atom stereocenters. The molecule has 2 aliphatic heterocycles. The van der Waals surface area contributed by atoms with E-state index in [9.17, 15) is 18.9 Å². The largest absolute Gasteiger partial charge is 0.508 e. The Morgan fingerprint density at radius 3 is 2.53 bits per heavy atom. The van der Waals surface area contributed by atoms with E-state index in [2.05, 4.69) is 5.32 Å². The smallest absolute Gasteiger partial charge is 0.253 e. The molecule has 0 spiro atoms. The summed E-state index contributed by atoms with van der Waals surface area (Å²) < 4.78 is 16.8. The molecule has 2 saturated heterocycles. The van der Waals surface area contributed by atoms with Crippen molar-refractivity contribution in [2.45, 2.75) is 49.9 Å². The Kier molecular flexibility index (Phi) is 8.09. The number of morpholine rings is 1. The van der Waals surface area contributed by atoms with Gasteiger partial charge in [-0.3, -0.25) is 14.7 Å². The number of phenolic OH excluding ortho intramolecular Hbond substituents is 1. The lowest BCUT2D eigenvalue weighted by Crippen LogP contribution is -2.53. The number of amides is 2. The third kappa shape index (κ3) is 5.75. The van der Waals surface area contributed by atoms with Gasteiger partial charge in [-0.15, -0.1) is 0 Å². The van der Waals surface area contributed by atoms with Gasteiger partial charge in [0, 0.05) is 19.2 Å². The van der Waals surface area contributed by atoms with E-state index >= 15 is 0 Å². The van der Waals surface area contributed by atoms with Gasteiger partial charge in [-0.1, -0.05) is 23.2 Å². The zero-order valence-electron chi connectivity index (χ0n) is 18.1. The van der Waals surface area contributed by atoms with Gasteiger partial charge in [0.2, 0.25) is 5.91 Å². The molecule has 3 rings (SSSR count). The van der Waals surface area contributed by atoms with E-state index < -0.39 is 21.8 Å². The molecular formula is C21H29Cl2N3O5S. The number of aromatic hydroxyl groups is 1. The van der Waals surface area contributed by atoms with E-state index in [1.54, 1.807) is 11.0 Å². The van der Waals surface area contributed by atoms with Crippen LogP contribution in [0, 0.1) is 5.92 Å². The van der Waals surface area contributed by atoms with Crippen molar-refractivity contribution in [3.05, 3.63) is 27.7 Å². The first-order chi connectivity index (χ1) is 15.0. The van der Waals surface area contributed by atoms with Crippen LogP contribution in [0.4, 0.5) is 0 Å². The Balaban J connectivity index is 1.77. The summed E-state index contributed by atoms with van der Waals surface area (Å²) in [4.78, 5) is 25.8. The standard InChI is InChI=1S/C21H29Cl2N3O5S/c1-21(2,32(24)30)9-14(13-7-15(22)16(23)8-17(13)27)12-3-5-26(6-4-12)20(29)18-10-25-19(28)11-31-18/h7-8,12,14,18,27H,3-6,9-11,24H2,1-2H3,(H,25,28)/t14-,18+,32?/m1/s1. The molecular weight excluding hydrogens is 477 g/mol. The van der Waals surface area contributed by atoms with Crippen molar-refractivity contribution in [1.82, 2.24) is 10.2 Å². The molecule has 2 fully saturated rings. The van der Waals surface area contributed by atoms with Crippen molar-refractivity contribution in [1.29, 1.82) is 0 Å². The van der Waals surface area contributed by atoms with Crippen LogP contribution in [-0.4, -0.2) is 63.1 Å². The van der Waals surface area contributed by atoms with Gasteiger partial charge in [0.1, 0.15) is 12.4 Å². The number of rotatable bonds is 6. The number of nitrogens with one attached hydrogen (secondary N) is 1. The number of likely N-dealkylation sites (tertiary alicyclic amines) is 1. The first-order valence-corrected chi connectivity index (χ1v) is 12.5. The normalized spacial score (nSPS) is 22.3. The maximum atomic E-state index is 12.8. The van der Waals surface area contributed by atoms with Crippen molar-refractivity contribution in [3.8, 4) is 5.75 Å². The number of hydrogen-bond donors (Lipinski definition) is 3. The molecule has 4 N–H and O–H groups in total. The van der Waals surface area contributed by atoms with E-state index in [1.165, 1.54) is 6.07 Å². The minimum Gasteiger partial charge on any atom is -0.508 e. The molecule has 32 heavy (non-hydrogen) atoms. The van der Waals surface area contributed by atoms with Crippen LogP contribution in [0.3, 0.4) is 0 Å². The molecule has 8 nitrogen and oxygen atoms in total. The number of phenols is 1. The van der Waals surface area contributed by atoms with Gasteiger partial charge in [-0.25, -0.2) is 4.21 Å². The van der Waals surface area contributed by atoms with Gasteiger partial charge in [-0.2, -0.15) is 0 Å². The SMILES string of the molecule is CC(C)(C[C@@H](c1cc(Cl)c(Cl)cc1O)C1CCN(C(=O)[C@@H]2CNC(=O)CO2)CC1)S(N)=O. The average Bonchev–Trinajstić information content (AvgIpc) is 2.75. The van der Waals surface area contributed by atoms with Crippen LogP contribution in [0.1, 0.15) is 44.6 Å². The number of benzene rings is 1. The Bertz CT molecular complexity index is 896. The van der Waals surface area contributed by atoms with Crippen LogP contribution >= 0.6 is 23.2 Å². The van der Waals surface area contributed by atoms with Crippen molar-refractivity contribution >= 4 is 46.0 Å². The zero-order chi connectivity index (χ0) is 23.6. The van der Waals surface area contributed by atoms with E-state index in [0.717, 1.165) is 0 Å². The number of nitrogens with zero attached hydrogens (tertiary/aromatic N) is 1. The molecule has 1 unspecified atom stereocenters. The van der Waals surface area contributed by atoms with Crippen molar-refractivity contribution in [3.63, 3.8) is 0 Å². The maximum absolute atomic E-state index is 12.8. The van der Waals surface area contributed by atoms with Crippen molar-refractivity contribution in [2.75, 3.05) is 26.2 Å². The van der Waals surface area contributed by atoms with Crippen molar-refractivity contribution < 1.29 is 23.6 Å². The lowest BCUT2D eigenvalue weighted by molar-refractivity contribution is -0.151. The average molecular weight is 506 g/mol. The highest BCUT2D eigenvalue weighted by atomic mass is 35.5. The minimum atomic E-state index is -1.57. The van der Waals surface area contributed by atoms with Crippen LogP contribution in [0.5, 0.6) is 5.75 Å². The van der Waals surface area contributed by atoms with Crippen LogP contribution in [0.15, 0.2) is 12.1 Å². The summed E-state index contributed by atoms with van der Waals surface area (Å²) in [6.45, 7) is 4.75. The first kappa shape index (κ1) is 25.2. The summed E-state index contributed by atoms with van der Waals surface area (Å²) in [6, 6.07) is 3.08. The van der Waals surface area contributed by atoms with E-state index in [4.69, 9.17) is 33.1 Å². The summed E-state index contributed by atoms with van der Waals surface area (Å²) >= 11 is 12.3. The monoisotopic (exact) mass is 505 g/mol. The third-order valence-electron chi connectivity index (χ3n) is 6.32. The summed E-state index contributed by atoms with van der Waals surface area (Å²) in [5, 5.41) is 19.6. The Morgan fingerprint density at radius 2 is 1.97 bits per heavy atom. The molecule has 0 radical (unpaired) electrons. The zero-order valence-corrected chi connectivity index (χ0v) is 20.4. The molecule has 0 aliphatic carbocycles. The molecule has 0 saturated carbocycles. The number of nitrogens with two attached hydrogens (primary N) is 1. The number of ether oxygens (including phenoxy) is 1. The summed E-state index contributed by atoms with van der Waals surface area (Å²) in [5.74, 6) is -0.391. The highest BCUT2D eigenvalue weighted by Gasteiger charge is 2.38. The van der Waals surface area contributed by atoms with Crippen molar-refractivity contribution in [2.24, 2.45) is 11.1 Å². The summed E-state index contributed by atoms with van der Waals surface area (Å²) in [7, 11) is -1.57. The van der Waals surface area contributed by atoms with Gasteiger partial charge in [0.25, 0.3) is 5.91 Å². The quantitative estimate of drug-likeness (QED) is 0.547. The van der Waals surface area contributed by atoms with Gasteiger partial charge in [0.05, 0.1) is 32.3 Å². The molecule has 1 aromatic rings. The van der Waals surface area contributed by atoms with Crippen LogP contribution in [0.2, 0.25) is 10.0 Å². The third-order valence-corrected chi connectivity index (χ3v) is 8.30. The number of hydrogen-bond acceptors (Lipinski definition) is 5. The molecule has 178 valence electrons. The Labute approximate surface area is 200 Å². The second kappa shape index (κ2) is 10.3. The summed E-state index contributed by atoms with van der Waals surface area (Å²) in [5.41, 5.74) is 0.640. The molecule has 2 aliphatic rings. The second-order valence-corrected chi connectivity index (χ2v) is 11.5. The first-order valence-electron chi connectivity index (χ1n) is 10.5. The van der Waals surface area contributed by atoms with Gasteiger partial charge >= 0.3 is 0 Å². The lowest BCUT2D eigenvalue weighted by Gasteiger charge is -2.40. The maximum Gasteiger partial charge on any atom is 0.253 e. The van der Waals surface area contributed by atoms with E-state index in [1.807, 2.05) is 13.8 Å². The fourth-order valence-corrected chi connectivity index (χ4v) is 5.04. The lowest BCUT2D eigenvalue weighted by atomic mass is 9.75. The highest BCUT2D eigenvalue weighted by molar-refractivity contribution is 7.84. The topological polar surface area (TPSA) is 122 Å². The van der Waals surface area contributed by atoms with Gasteiger partial charge in [0.15, 0.2) is 6.10 Å². The van der Waals surface area contributed by atoms with Crippen LogP contribution in [-0.2, 0) is 25.3 Å². The molecule has 0 bridgehead atoms. The van der Waals surface area contributed by atoms with E-state index in [0.29, 0.717) is 42.9 Å². The van der Waals surface area contributed by atoms with Gasteiger partial charge in [-0.05, 0) is 56.6 Å². The number of halogens is 2. The molecule has 11 heteroatoms. The molecule has 0 aromatic heterocycles. The predicted molar refractivity (Wildman–Crippen MR) is 124 cm³/mol. The Morgan fingerprint density at radius 1 is 1.34 bits per heavy atom. The fourth-order valence-electron chi connectivity index (χ4n) is 4.37. The highest BCUT2D eigenvalue weighted by Crippen LogP contribution is 2.44. The minimum absolute atomic E-state index is 0.0351. The predicted octanol–water partition coefficient (Wildman–Crippen LogP) is 2.33. The fraction of sp³-hybridized carbons (Fsp3) is 0.619. The molecule has 2 amide bonds. The number of carbonyl (C=O) groups is 2. The van der Waals surface area contributed by atoms with Crippen LogP contribution in [0.25, 0.3) is 0 Å². The summed E-state index contributed by atoms with van der Waals surface area (Å²) in [6.07, 6.45) is 1.17. The molecule has 2 heterocycles. The molecule has 1 aromatic carbocycles. The van der Waals surface area contributed by atoms with Crippen LogP contribution < -0.4 is 10.5 Å².